The Morgan fingerprint density at radius 3 is 2.47 bits per heavy atom. The fraction of sp³-hybridized carbons (Fsp3) is 1.00. The third-order valence-electron chi connectivity index (χ3n) is 6.13. The fourth-order valence-electron chi connectivity index (χ4n) is 4.78. The summed E-state index contributed by atoms with van der Waals surface area (Å²) < 4.78 is 0. The average Bonchev–Trinajstić information content (AvgIpc) is 2.48. The molecular weight excluding hydrogens is 232 g/mol. The first-order valence-corrected chi connectivity index (χ1v) is 8.80. The number of nitrogens with one attached hydrogen (secondary N) is 1. The van der Waals surface area contributed by atoms with E-state index in [4.69, 9.17) is 0 Å². The Labute approximate surface area is 119 Å². The second-order valence-corrected chi connectivity index (χ2v) is 7.32. The monoisotopic (exact) mass is 264 g/mol. The SMILES string of the molecule is CCC1CCC(N2CCNC3(CCCCC3)C2)CC1. The first-order valence-electron chi connectivity index (χ1n) is 8.80. The van der Waals surface area contributed by atoms with E-state index < -0.39 is 0 Å². The zero-order valence-corrected chi connectivity index (χ0v) is 12.8. The molecule has 0 unspecified atom stereocenters. The summed E-state index contributed by atoms with van der Waals surface area (Å²) in [5.41, 5.74) is 0.498. The van der Waals surface area contributed by atoms with Gasteiger partial charge in [-0.05, 0) is 44.4 Å². The second kappa shape index (κ2) is 6.13. The smallest absolute Gasteiger partial charge is 0.0309 e. The average molecular weight is 264 g/mol. The highest BCUT2D eigenvalue weighted by atomic mass is 15.2. The number of nitrogens with zero attached hydrogens (tertiary/aromatic N) is 1. The molecule has 1 spiro atoms. The van der Waals surface area contributed by atoms with E-state index in [9.17, 15) is 0 Å². The van der Waals surface area contributed by atoms with Crippen LogP contribution in [0.5, 0.6) is 0 Å². The molecule has 0 aromatic heterocycles. The first-order chi connectivity index (χ1) is 9.31. The van der Waals surface area contributed by atoms with Gasteiger partial charge in [-0.25, -0.2) is 0 Å². The van der Waals surface area contributed by atoms with Gasteiger partial charge in [0, 0.05) is 31.2 Å². The molecule has 2 heteroatoms. The van der Waals surface area contributed by atoms with E-state index in [1.807, 2.05) is 0 Å². The zero-order chi connectivity index (χ0) is 13.1. The number of piperazine rings is 1. The summed E-state index contributed by atoms with van der Waals surface area (Å²) in [5, 5.41) is 3.88. The van der Waals surface area contributed by atoms with E-state index in [1.54, 1.807) is 0 Å². The van der Waals surface area contributed by atoms with Gasteiger partial charge in [-0.2, -0.15) is 0 Å². The Kier molecular flexibility index (Phi) is 4.48. The predicted octanol–water partition coefficient (Wildman–Crippen LogP) is 3.56. The largest absolute Gasteiger partial charge is 0.309 e. The lowest BCUT2D eigenvalue weighted by Gasteiger charge is -2.49. The van der Waals surface area contributed by atoms with Gasteiger partial charge in [-0.3, -0.25) is 4.90 Å². The van der Waals surface area contributed by atoms with Gasteiger partial charge in [0.05, 0.1) is 0 Å². The number of hydrogen-bond acceptors (Lipinski definition) is 2. The summed E-state index contributed by atoms with van der Waals surface area (Å²) in [4.78, 5) is 2.85. The van der Waals surface area contributed by atoms with Crippen molar-refractivity contribution >= 4 is 0 Å². The van der Waals surface area contributed by atoms with E-state index in [0.717, 1.165) is 12.0 Å². The maximum Gasteiger partial charge on any atom is 0.0309 e. The van der Waals surface area contributed by atoms with Crippen LogP contribution in [-0.2, 0) is 0 Å². The van der Waals surface area contributed by atoms with Gasteiger partial charge in [0.25, 0.3) is 0 Å². The fourth-order valence-corrected chi connectivity index (χ4v) is 4.78. The van der Waals surface area contributed by atoms with Gasteiger partial charge >= 0.3 is 0 Å². The summed E-state index contributed by atoms with van der Waals surface area (Å²) in [5.74, 6) is 1.03. The highest BCUT2D eigenvalue weighted by molar-refractivity contribution is 4.98. The molecular formula is C17H32N2. The van der Waals surface area contributed by atoms with Crippen molar-refractivity contribution in [3.8, 4) is 0 Å². The second-order valence-electron chi connectivity index (χ2n) is 7.32. The summed E-state index contributed by atoms with van der Waals surface area (Å²) in [6.45, 7) is 6.23. The lowest BCUT2D eigenvalue weighted by Crippen LogP contribution is -2.63. The van der Waals surface area contributed by atoms with E-state index in [0.29, 0.717) is 5.54 Å². The van der Waals surface area contributed by atoms with E-state index in [1.165, 1.54) is 83.8 Å². The van der Waals surface area contributed by atoms with Crippen molar-refractivity contribution in [1.82, 2.24) is 10.2 Å². The number of rotatable bonds is 2. The molecule has 0 amide bonds. The Balaban J connectivity index is 1.56. The van der Waals surface area contributed by atoms with Gasteiger partial charge < -0.3 is 5.32 Å². The van der Waals surface area contributed by atoms with Gasteiger partial charge in [0.1, 0.15) is 0 Å². The van der Waals surface area contributed by atoms with Crippen LogP contribution in [-0.4, -0.2) is 36.1 Å². The summed E-state index contributed by atoms with van der Waals surface area (Å²) in [6, 6.07) is 0.906. The Morgan fingerprint density at radius 1 is 1.05 bits per heavy atom. The van der Waals surface area contributed by atoms with Crippen LogP contribution in [0.4, 0.5) is 0 Å². The van der Waals surface area contributed by atoms with Crippen molar-refractivity contribution < 1.29 is 0 Å². The molecule has 19 heavy (non-hydrogen) atoms. The molecule has 3 fully saturated rings. The van der Waals surface area contributed by atoms with Gasteiger partial charge in [-0.15, -0.1) is 0 Å². The summed E-state index contributed by atoms with van der Waals surface area (Å²) >= 11 is 0. The van der Waals surface area contributed by atoms with Crippen molar-refractivity contribution in [3.63, 3.8) is 0 Å². The molecule has 3 aliphatic rings. The Bertz CT molecular complexity index is 269. The predicted molar refractivity (Wildman–Crippen MR) is 81.4 cm³/mol. The van der Waals surface area contributed by atoms with Crippen LogP contribution >= 0.6 is 0 Å². The molecule has 1 N–H and O–H groups in total. The van der Waals surface area contributed by atoms with Crippen molar-refractivity contribution in [2.24, 2.45) is 5.92 Å². The van der Waals surface area contributed by atoms with Crippen LogP contribution in [0, 0.1) is 5.92 Å². The highest BCUT2D eigenvalue weighted by Crippen LogP contribution is 2.34. The van der Waals surface area contributed by atoms with Gasteiger partial charge in [0.2, 0.25) is 0 Å². The topological polar surface area (TPSA) is 15.3 Å². The van der Waals surface area contributed by atoms with Crippen molar-refractivity contribution in [2.45, 2.75) is 82.7 Å². The number of hydrogen-bond donors (Lipinski definition) is 1. The lowest BCUT2D eigenvalue weighted by atomic mass is 9.78. The minimum absolute atomic E-state index is 0.498. The molecule has 0 radical (unpaired) electrons. The molecule has 0 aromatic carbocycles. The molecule has 2 aliphatic carbocycles. The van der Waals surface area contributed by atoms with Crippen molar-refractivity contribution in [3.05, 3.63) is 0 Å². The van der Waals surface area contributed by atoms with Crippen LogP contribution in [0.3, 0.4) is 0 Å². The van der Waals surface area contributed by atoms with Crippen LogP contribution < -0.4 is 5.32 Å². The van der Waals surface area contributed by atoms with Gasteiger partial charge in [0.15, 0.2) is 0 Å². The molecule has 0 atom stereocenters. The van der Waals surface area contributed by atoms with Crippen LogP contribution in [0.15, 0.2) is 0 Å². The van der Waals surface area contributed by atoms with Crippen molar-refractivity contribution in [2.75, 3.05) is 19.6 Å². The molecule has 0 bridgehead atoms. The molecule has 1 heterocycles. The van der Waals surface area contributed by atoms with Crippen LogP contribution in [0.2, 0.25) is 0 Å². The normalized spacial score (nSPS) is 36.5. The van der Waals surface area contributed by atoms with Crippen LogP contribution in [0.25, 0.3) is 0 Å². The molecule has 110 valence electrons. The third kappa shape index (κ3) is 3.16. The van der Waals surface area contributed by atoms with Crippen molar-refractivity contribution in [1.29, 1.82) is 0 Å². The third-order valence-corrected chi connectivity index (χ3v) is 6.13. The minimum Gasteiger partial charge on any atom is -0.309 e. The quantitative estimate of drug-likeness (QED) is 0.820. The van der Waals surface area contributed by atoms with E-state index in [2.05, 4.69) is 17.1 Å². The first kappa shape index (κ1) is 13.9. The molecule has 2 nitrogen and oxygen atoms in total. The molecule has 1 aliphatic heterocycles. The Morgan fingerprint density at radius 2 is 1.79 bits per heavy atom. The highest BCUT2D eigenvalue weighted by Gasteiger charge is 2.38. The summed E-state index contributed by atoms with van der Waals surface area (Å²) in [6.07, 6.45) is 14.5. The molecule has 1 saturated heterocycles. The molecule has 3 rings (SSSR count). The van der Waals surface area contributed by atoms with Gasteiger partial charge in [-0.1, -0.05) is 32.6 Å². The molecule has 0 aromatic rings. The maximum atomic E-state index is 3.88. The maximum absolute atomic E-state index is 3.88. The lowest BCUT2D eigenvalue weighted by molar-refractivity contribution is 0.0473. The van der Waals surface area contributed by atoms with Crippen LogP contribution in [0.1, 0.15) is 71.1 Å². The van der Waals surface area contributed by atoms with E-state index in [-0.39, 0.29) is 0 Å². The Hall–Kier alpha value is -0.0800. The molecule has 2 saturated carbocycles. The minimum atomic E-state index is 0.498. The zero-order valence-electron chi connectivity index (χ0n) is 12.8. The summed E-state index contributed by atoms with van der Waals surface area (Å²) in [7, 11) is 0. The standard InChI is InChI=1S/C17H32N2/c1-2-15-6-8-16(9-7-15)19-13-12-18-17(14-19)10-4-3-5-11-17/h15-16,18H,2-14H2,1H3. The van der Waals surface area contributed by atoms with E-state index >= 15 is 0 Å².